The normalized spacial score (nSPS) is 29.9. The molecule has 0 fully saturated rings. The second-order valence-electron chi connectivity index (χ2n) is 6.63. The van der Waals surface area contributed by atoms with Crippen LogP contribution in [0.3, 0.4) is 0 Å². The Balaban J connectivity index is 3.23. The van der Waals surface area contributed by atoms with E-state index in [2.05, 4.69) is 40.3 Å². The molecule has 0 amide bonds. The molecule has 0 aromatic rings. The van der Waals surface area contributed by atoms with E-state index in [0.29, 0.717) is 18.3 Å². The minimum atomic E-state index is -0.995. The van der Waals surface area contributed by atoms with Gasteiger partial charge in [-0.1, -0.05) is 39.8 Å². The van der Waals surface area contributed by atoms with Gasteiger partial charge in [0.25, 0.3) is 0 Å². The molecule has 0 spiro atoms. The molecular weight excluding hydrogens is 248 g/mol. The molecule has 2 nitrogen and oxygen atoms in total. The Kier molecular flexibility index (Phi) is 5.79. The molecular formula is C18H29O2. The summed E-state index contributed by atoms with van der Waals surface area (Å²) < 4.78 is 5.82. The van der Waals surface area contributed by atoms with Crippen LogP contribution in [0.4, 0.5) is 0 Å². The summed E-state index contributed by atoms with van der Waals surface area (Å²) in [6.45, 7) is 12.3. The smallest absolute Gasteiger partial charge is 0.126 e. The molecule has 20 heavy (non-hydrogen) atoms. The number of aliphatic hydroxyl groups is 1. The zero-order valence-electron chi connectivity index (χ0n) is 13.6. The van der Waals surface area contributed by atoms with Gasteiger partial charge < -0.3 is 9.84 Å². The molecule has 1 radical (unpaired) electrons. The lowest BCUT2D eigenvalue weighted by molar-refractivity contribution is -0.138. The first-order valence-corrected chi connectivity index (χ1v) is 7.50. The predicted molar refractivity (Wildman–Crippen MR) is 84.3 cm³/mol. The van der Waals surface area contributed by atoms with Crippen molar-refractivity contribution in [1.82, 2.24) is 0 Å². The summed E-state index contributed by atoms with van der Waals surface area (Å²) >= 11 is 0. The summed E-state index contributed by atoms with van der Waals surface area (Å²) in [5, 5.41) is 11.2. The van der Waals surface area contributed by atoms with Crippen LogP contribution < -0.4 is 0 Å². The van der Waals surface area contributed by atoms with E-state index >= 15 is 0 Å². The maximum atomic E-state index is 11.2. The molecule has 0 aromatic carbocycles. The fourth-order valence-corrected chi connectivity index (χ4v) is 3.03. The van der Waals surface area contributed by atoms with Gasteiger partial charge in [-0.3, -0.25) is 0 Å². The number of hydrogen-bond acceptors (Lipinski definition) is 2. The summed E-state index contributed by atoms with van der Waals surface area (Å²) in [5.74, 6) is 0.798. The van der Waals surface area contributed by atoms with Gasteiger partial charge in [-0.15, -0.1) is 6.58 Å². The number of methoxy groups -OCH3 is 1. The van der Waals surface area contributed by atoms with E-state index in [0.717, 1.165) is 18.4 Å². The lowest BCUT2D eigenvalue weighted by atomic mass is 9.69. The molecule has 1 rings (SSSR count). The first-order valence-electron chi connectivity index (χ1n) is 7.50. The second kappa shape index (κ2) is 6.73. The highest BCUT2D eigenvalue weighted by atomic mass is 16.5. The van der Waals surface area contributed by atoms with Gasteiger partial charge in [0.1, 0.15) is 11.2 Å². The van der Waals surface area contributed by atoms with Crippen molar-refractivity contribution >= 4 is 0 Å². The predicted octanol–water partition coefficient (Wildman–Crippen LogP) is 4.07. The van der Waals surface area contributed by atoms with Crippen LogP contribution in [0.2, 0.25) is 0 Å². The third-order valence-corrected chi connectivity index (χ3v) is 3.75. The molecule has 2 heteroatoms. The average Bonchev–Trinajstić information content (AvgIpc) is 2.32. The molecule has 0 aromatic heterocycles. The summed E-state index contributed by atoms with van der Waals surface area (Å²) in [6.07, 6.45) is 11.3. The zero-order valence-corrected chi connectivity index (χ0v) is 13.6. The zero-order chi connectivity index (χ0) is 15.4. The number of hydrogen-bond donors (Lipinski definition) is 1. The van der Waals surface area contributed by atoms with Crippen LogP contribution in [-0.2, 0) is 4.74 Å². The van der Waals surface area contributed by atoms with Crippen LogP contribution in [0, 0.1) is 17.9 Å². The Morgan fingerprint density at radius 2 is 1.90 bits per heavy atom. The van der Waals surface area contributed by atoms with Gasteiger partial charge >= 0.3 is 0 Å². The van der Waals surface area contributed by atoms with Crippen molar-refractivity contribution in [2.75, 3.05) is 7.11 Å². The molecule has 0 heterocycles. The maximum absolute atomic E-state index is 11.2. The standard InChI is InChI=1S/C18H29O2/c1-7-8-16-9-10-17(19,11-14(2)3)18(13-16,20-6)12-15(4)5/h7,9-10,14-15,19H,1,8,11-12H2,2-6H3. The van der Waals surface area contributed by atoms with Crippen molar-refractivity contribution in [3.8, 4) is 0 Å². The number of rotatable bonds is 7. The second-order valence-corrected chi connectivity index (χ2v) is 6.63. The highest BCUT2D eigenvalue weighted by Crippen LogP contribution is 2.42. The van der Waals surface area contributed by atoms with Crippen LogP contribution in [0.25, 0.3) is 0 Å². The largest absolute Gasteiger partial charge is 0.382 e. The Hall–Kier alpha value is -0.860. The van der Waals surface area contributed by atoms with E-state index in [9.17, 15) is 5.11 Å². The van der Waals surface area contributed by atoms with Crippen LogP contribution in [-0.4, -0.2) is 23.4 Å². The monoisotopic (exact) mass is 277 g/mol. The van der Waals surface area contributed by atoms with Crippen molar-refractivity contribution < 1.29 is 9.84 Å². The summed E-state index contributed by atoms with van der Waals surface area (Å²) in [6, 6.07) is 0. The molecule has 0 saturated carbocycles. The number of allylic oxidation sites excluding steroid dienone is 3. The van der Waals surface area contributed by atoms with Gasteiger partial charge in [0.05, 0.1) is 0 Å². The van der Waals surface area contributed by atoms with Gasteiger partial charge in [-0.2, -0.15) is 0 Å². The fourth-order valence-electron chi connectivity index (χ4n) is 3.03. The van der Waals surface area contributed by atoms with E-state index in [-0.39, 0.29) is 0 Å². The van der Waals surface area contributed by atoms with E-state index in [1.165, 1.54) is 0 Å². The van der Waals surface area contributed by atoms with Crippen LogP contribution in [0.5, 0.6) is 0 Å². The van der Waals surface area contributed by atoms with Gasteiger partial charge in [-0.25, -0.2) is 0 Å². The Morgan fingerprint density at radius 3 is 2.35 bits per heavy atom. The minimum Gasteiger partial charge on any atom is -0.382 e. The maximum Gasteiger partial charge on any atom is 0.126 e. The summed E-state index contributed by atoms with van der Waals surface area (Å²) in [4.78, 5) is 0. The fraction of sp³-hybridized carbons (Fsp3) is 0.667. The molecule has 2 atom stereocenters. The van der Waals surface area contributed by atoms with Gasteiger partial charge in [-0.05, 0) is 48.8 Å². The molecule has 0 saturated heterocycles. The van der Waals surface area contributed by atoms with Crippen molar-refractivity contribution in [2.45, 2.75) is 58.2 Å². The van der Waals surface area contributed by atoms with Crippen molar-refractivity contribution in [2.24, 2.45) is 11.8 Å². The van der Waals surface area contributed by atoms with Gasteiger partial charge in [0.15, 0.2) is 0 Å². The van der Waals surface area contributed by atoms with Gasteiger partial charge in [0.2, 0.25) is 0 Å². The molecule has 1 N–H and O–H groups in total. The topological polar surface area (TPSA) is 29.5 Å². The number of ether oxygens (including phenoxy) is 1. The molecule has 0 bridgehead atoms. The van der Waals surface area contributed by atoms with Crippen LogP contribution in [0.1, 0.15) is 47.0 Å². The van der Waals surface area contributed by atoms with E-state index in [1.54, 1.807) is 7.11 Å². The molecule has 1 aliphatic carbocycles. The molecule has 1 aliphatic rings. The quantitative estimate of drug-likeness (QED) is 0.711. The van der Waals surface area contributed by atoms with Crippen molar-refractivity contribution in [3.05, 3.63) is 36.5 Å². The van der Waals surface area contributed by atoms with Crippen molar-refractivity contribution in [3.63, 3.8) is 0 Å². The first kappa shape index (κ1) is 17.2. The lowest BCUT2D eigenvalue weighted by Crippen LogP contribution is -2.56. The average molecular weight is 277 g/mol. The highest BCUT2D eigenvalue weighted by molar-refractivity contribution is 5.34. The van der Waals surface area contributed by atoms with E-state index in [1.807, 2.05) is 18.2 Å². The van der Waals surface area contributed by atoms with Gasteiger partial charge in [0, 0.05) is 7.11 Å². The van der Waals surface area contributed by atoms with E-state index in [4.69, 9.17) is 4.74 Å². The summed E-state index contributed by atoms with van der Waals surface area (Å²) in [5.41, 5.74) is -0.723. The summed E-state index contributed by atoms with van der Waals surface area (Å²) in [7, 11) is 1.67. The van der Waals surface area contributed by atoms with Crippen LogP contribution in [0.15, 0.2) is 30.4 Å². The Labute approximate surface area is 124 Å². The Bertz CT molecular complexity index is 392. The van der Waals surface area contributed by atoms with Crippen LogP contribution >= 0.6 is 0 Å². The third-order valence-electron chi connectivity index (χ3n) is 3.75. The first-order chi connectivity index (χ1) is 9.28. The highest BCUT2D eigenvalue weighted by Gasteiger charge is 2.50. The molecule has 2 unspecified atom stereocenters. The Morgan fingerprint density at radius 1 is 1.30 bits per heavy atom. The van der Waals surface area contributed by atoms with E-state index < -0.39 is 11.2 Å². The third kappa shape index (κ3) is 3.62. The van der Waals surface area contributed by atoms with Crippen molar-refractivity contribution in [1.29, 1.82) is 0 Å². The lowest BCUT2D eigenvalue weighted by Gasteiger charge is -2.46. The minimum absolute atomic E-state index is 0.383. The SMILES string of the molecule is C=CCC1=[C]C(CC(C)C)(OC)C(O)(CC(C)C)C=C1. The molecule has 0 aliphatic heterocycles. The molecule has 113 valence electrons.